The highest BCUT2D eigenvalue weighted by Crippen LogP contribution is 2.29. The quantitative estimate of drug-likeness (QED) is 0.677. The molecule has 1 heterocycles. The molecule has 5 nitrogen and oxygen atoms in total. The fraction of sp³-hybridized carbons (Fsp3) is 0.923. The maximum Gasteiger partial charge on any atom is 0.0900 e. The van der Waals surface area contributed by atoms with E-state index in [-0.39, 0.29) is 5.41 Å². The number of nitriles is 1. The van der Waals surface area contributed by atoms with E-state index in [1.54, 1.807) is 7.11 Å². The number of β-amino-alcohol motifs (C(OH)–C–C–N with tert-alkyl or cyclic N) is 1. The molecular weight excluding hydrogens is 232 g/mol. The van der Waals surface area contributed by atoms with Gasteiger partial charge in [0.15, 0.2) is 0 Å². The number of hydrogen-bond acceptors (Lipinski definition) is 5. The molecule has 0 amide bonds. The highest BCUT2D eigenvalue weighted by Gasteiger charge is 2.30. The average molecular weight is 256 g/mol. The van der Waals surface area contributed by atoms with E-state index in [0.717, 1.165) is 25.9 Å². The number of piperidine rings is 1. The van der Waals surface area contributed by atoms with Crippen molar-refractivity contribution < 1.29 is 14.6 Å². The maximum absolute atomic E-state index is 9.82. The molecule has 0 aliphatic carbocycles. The van der Waals surface area contributed by atoms with Gasteiger partial charge in [0, 0.05) is 13.7 Å². The molecule has 0 aromatic carbocycles. The summed E-state index contributed by atoms with van der Waals surface area (Å²) in [5.41, 5.74) is -0.184. The normalized spacial score (nSPS) is 21.4. The lowest BCUT2D eigenvalue weighted by Gasteiger charge is -2.35. The molecule has 0 spiro atoms. The van der Waals surface area contributed by atoms with Crippen molar-refractivity contribution in [2.45, 2.75) is 25.9 Å². The van der Waals surface area contributed by atoms with Crippen LogP contribution in [0.4, 0.5) is 0 Å². The SMILES string of the molecule is COCCOCC(O)CN1CCC(C)(C#N)CC1. The first kappa shape index (κ1) is 15.4. The second kappa shape index (κ2) is 7.70. The summed E-state index contributed by atoms with van der Waals surface area (Å²) >= 11 is 0. The third-order valence-electron chi connectivity index (χ3n) is 3.44. The van der Waals surface area contributed by atoms with Crippen molar-refractivity contribution in [3.05, 3.63) is 0 Å². The van der Waals surface area contributed by atoms with Crippen molar-refractivity contribution in [2.75, 3.05) is 46.6 Å². The minimum atomic E-state index is -0.465. The third-order valence-corrected chi connectivity index (χ3v) is 3.44. The number of hydrogen-bond donors (Lipinski definition) is 1. The van der Waals surface area contributed by atoms with Crippen molar-refractivity contribution in [1.29, 1.82) is 5.26 Å². The highest BCUT2D eigenvalue weighted by atomic mass is 16.5. The Bertz CT molecular complexity index is 270. The van der Waals surface area contributed by atoms with Crippen LogP contribution in [0, 0.1) is 16.7 Å². The molecular formula is C13H24N2O3. The number of aliphatic hydroxyl groups excluding tert-OH is 1. The molecule has 1 unspecified atom stereocenters. The Kier molecular flexibility index (Phi) is 6.58. The van der Waals surface area contributed by atoms with Gasteiger partial charge in [-0.1, -0.05) is 0 Å². The Hall–Kier alpha value is -0.670. The minimum absolute atomic E-state index is 0.184. The molecule has 18 heavy (non-hydrogen) atoms. The third kappa shape index (κ3) is 5.32. The van der Waals surface area contributed by atoms with Crippen molar-refractivity contribution in [2.24, 2.45) is 5.41 Å². The predicted molar refractivity (Wildman–Crippen MR) is 68.1 cm³/mol. The van der Waals surface area contributed by atoms with Crippen LogP contribution in [0.25, 0.3) is 0 Å². The molecule has 0 aromatic rings. The maximum atomic E-state index is 9.82. The molecule has 1 aliphatic rings. The Balaban J connectivity index is 2.15. The molecule has 1 fully saturated rings. The highest BCUT2D eigenvalue weighted by molar-refractivity contribution is 4.98. The summed E-state index contributed by atoms with van der Waals surface area (Å²) in [5, 5.41) is 18.9. The molecule has 1 N–H and O–H groups in total. The molecule has 0 bridgehead atoms. The van der Waals surface area contributed by atoms with Gasteiger partial charge in [-0.3, -0.25) is 0 Å². The van der Waals surface area contributed by atoms with Crippen molar-refractivity contribution in [3.63, 3.8) is 0 Å². The van der Waals surface area contributed by atoms with Crippen molar-refractivity contribution in [3.8, 4) is 6.07 Å². The summed E-state index contributed by atoms with van der Waals surface area (Å²) in [6.45, 7) is 5.79. The number of nitrogens with zero attached hydrogens (tertiary/aromatic N) is 2. The van der Waals surface area contributed by atoms with E-state index < -0.39 is 6.10 Å². The lowest BCUT2D eigenvalue weighted by atomic mass is 9.82. The summed E-state index contributed by atoms with van der Waals surface area (Å²) in [5.74, 6) is 0. The van der Waals surface area contributed by atoms with Gasteiger partial charge in [-0.2, -0.15) is 5.26 Å². The number of rotatable bonds is 7. The number of methoxy groups -OCH3 is 1. The van der Waals surface area contributed by atoms with Crippen LogP contribution in [0.2, 0.25) is 0 Å². The van der Waals surface area contributed by atoms with Gasteiger partial charge in [-0.25, -0.2) is 0 Å². The van der Waals surface area contributed by atoms with Crippen LogP contribution >= 0.6 is 0 Å². The number of aliphatic hydroxyl groups is 1. The second-order valence-electron chi connectivity index (χ2n) is 5.19. The van der Waals surface area contributed by atoms with Crippen LogP contribution in [-0.2, 0) is 9.47 Å². The second-order valence-corrected chi connectivity index (χ2v) is 5.19. The molecule has 1 saturated heterocycles. The van der Waals surface area contributed by atoms with E-state index in [9.17, 15) is 5.11 Å². The summed E-state index contributed by atoms with van der Waals surface area (Å²) in [6, 6.07) is 2.37. The van der Waals surface area contributed by atoms with E-state index >= 15 is 0 Å². The molecule has 104 valence electrons. The largest absolute Gasteiger partial charge is 0.389 e. The first-order chi connectivity index (χ1) is 8.59. The van der Waals surface area contributed by atoms with Gasteiger partial charge in [-0.15, -0.1) is 0 Å². The smallest absolute Gasteiger partial charge is 0.0900 e. The van der Waals surface area contributed by atoms with Crippen LogP contribution in [0.3, 0.4) is 0 Å². The van der Waals surface area contributed by atoms with E-state index in [0.29, 0.717) is 26.4 Å². The fourth-order valence-electron chi connectivity index (χ4n) is 2.05. The van der Waals surface area contributed by atoms with Gasteiger partial charge in [0.2, 0.25) is 0 Å². The molecule has 1 atom stereocenters. The lowest BCUT2D eigenvalue weighted by Crippen LogP contribution is -2.42. The molecule has 0 aromatic heterocycles. The van der Waals surface area contributed by atoms with E-state index in [4.69, 9.17) is 14.7 Å². The van der Waals surface area contributed by atoms with Crippen molar-refractivity contribution >= 4 is 0 Å². The Morgan fingerprint density at radius 1 is 1.39 bits per heavy atom. The van der Waals surface area contributed by atoms with Gasteiger partial charge in [0.25, 0.3) is 0 Å². The van der Waals surface area contributed by atoms with Crippen LogP contribution in [0.15, 0.2) is 0 Å². The standard InChI is InChI=1S/C13H24N2O3/c1-13(11-14)3-5-15(6-4-13)9-12(16)10-18-8-7-17-2/h12,16H,3-10H2,1-2H3. The van der Waals surface area contributed by atoms with Gasteiger partial charge in [0.05, 0.1) is 37.4 Å². The molecule has 1 rings (SSSR count). The van der Waals surface area contributed by atoms with E-state index in [2.05, 4.69) is 11.0 Å². The molecule has 5 heteroatoms. The Labute approximate surface area is 109 Å². The molecule has 0 saturated carbocycles. The zero-order chi connectivity index (χ0) is 13.4. The summed E-state index contributed by atoms with van der Waals surface area (Å²) in [7, 11) is 1.62. The monoisotopic (exact) mass is 256 g/mol. The summed E-state index contributed by atoms with van der Waals surface area (Å²) in [4.78, 5) is 2.20. The predicted octanol–water partition coefficient (Wildman–Crippen LogP) is 0.636. The fourth-order valence-corrected chi connectivity index (χ4v) is 2.05. The number of likely N-dealkylation sites (tertiary alicyclic amines) is 1. The van der Waals surface area contributed by atoms with Crippen molar-refractivity contribution in [1.82, 2.24) is 4.90 Å². The average Bonchev–Trinajstić information content (AvgIpc) is 2.38. The lowest BCUT2D eigenvalue weighted by molar-refractivity contribution is -0.00619. The van der Waals surface area contributed by atoms with Crippen LogP contribution < -0.4 is 0 Å². The zero-order valence-corrected chi connectivity index (χ0v) is 11.4. The summed E-state index contributed by atoms with van der Waals surface area (Å²) < 4.78 is 10.1. The Morgan fingerprint density at radius 3 is 2.61 bits per heavy atom. The van der Waals surface area contributed by atoms with E-state index in [1.807, 2.05) is 6.92 Å². The van der Waals surface area contributed by atoms with Crippen LogP contribution in [0.1, 0.15) is 19.8 Å². The first-order valence-electron chi connectivity index (χ1n) is 6.48. The van der Waals surface area contributed by atoms with Crippen LogP contribution in [0.5, 0.6) is 0 Å². The van der Waals surface area contributed by atoms with Crippen LogP contribution in [-0.4, -0.2) is 62.7 Å². The van der Waals surface area contributed by atoms with Gasteiger partial charge >= 0.3 is 0 Å². The molecule has 1 aliphatic heterocycles. The summed E-state index contributed by atoms with van der Waals surface area (Å²) in [6.07, 6.45) is 1.29. The zero-order valence-electron chi connectivity index (χ0n) is 11.4. The van der Waals surface area contributed by atoms with Gasteiger partial charge in [0.1, 0.15) is 0 Å². The topological polar surface area (TPSA) is 65.7 Å². The Morgan fingerprint density at radius 2 is 2.06 bits per heavy atom. The molecule has 0 radical (unpaired) electrons. The van der Waals surface area contributed by atoms with E-state index in [1.165, 1.54) is 0 Å². The van der Waals surface area contributed by atoms with Gasteiger partial charge in [-0.05, 0) is 32.9 Å². The van der Waals surface area contributed by atoms with Gasteiger partial charge < -0.3 is 19.5 Å². The first-order valence-corrected chi connectivity index (χ1v) is 6.48. The number of ether oxygens (including phenoxy) is 2. The minimum Gasteiger partial charge on any atom is -0.389 e.